The van der Waals surface area contributed by atoms with E-state index in [0.717, 1.165) is 11.3 Å². The molecule has 0 bridgehead atoms. The van der Waals surface area contributed by atoms with Crippen molar-refractivity contribution in [1.29, 1.82) is 0 Å². The van der Waals surface area contributed by atoms with Crippen LogP contribution in [0.25, 0.3) is 0 Å². The van der Waals surface area contributed by atoms with E-state index in [1.165, 1.54) is 16.0 Å². The highest BCUT2D eigenvalue weighted by molar-refractivity contribution is 7.99. The van der Waals surface area contributed by atoms with Crippen molar-refractivity contribution in [2.45, 2.75) is 25.2 Å². The maximum atomic E-state index is 11.5. The second-order valence-corrected chi connectivity index (χ2v) is 4.59. The van der Waals surface area contributed by atoms with Gasteiger partial charge in [0, 0.05) is 22.6 Å². The van der Waals surface area contributed by atoms with Gasteiger partial charge in [-0.25, -0.2) is 0 Å². The van der Waals surface area contributed by atoms with Crippen molar-refractivity contribution in [2.75, 3.05) is 5.75 Å². The summed E-state index contributed by atoms with van der Waals surface area (Å²) >= 11 is 1.79. The van der Waals surface area contributed by atoms with Crippen molar-refractivity contribution < 1.29 is 4.79 Å². The molecule has 2 heteroatoms. The summed E-state index contributed by atoms with van der Waals surface area (Å²) in [6.45, 7) is 4.15. The molecule has 0 unspecified atom stereocenters. The van der Waals surface area contributed by atoms with Gasteiger partial charge in [0.1, 0.15) is 0 Å². The molecule has 1 aromatic rings. The lowest BCUT2D eigenvalue weighted by molar-refractivity contribution is 0.0984. The molecule has 68 valence electrons. The van der Waals surface area contributed by atoms with Crippen molar-refractivity contribution in [3.8, 4) is 0 Å². The fourth-order valence-electron chi connectivity index (χ4n) is 1.52. The monoisotopic (exact) mass is 192 g/mol. The smallest absolute Gasteiger partial charge is 0.164 e. The van der Waals surface area contributed by atoms with Gasteiger partial charge in [-0.15, -0.1) is 11.8 Å². The van der Waals surface area contributed by atoms with Crippen LogP contribution in [-0.4, -0.2) is 11.5 Å². The van der Waals surface area contributed by atoms with Crippen LogP contribution in [-0.2, 0) is 0 Å². The summed E-state index contributed by atoms with van der Waals surface area (Å²) in [7, 11) is 0. The van der Waals surface area contributed by atoms with E-state index >= 15 is 0 Å². The molecule has 13 heavy (non-hydrogen) atoms. The number of thioether (sulfide) groups is 1. The van der Waals surface area contributed by atoms with Crippen molar-refractivity contribution in [1.82, 2.24) is 0 Å². The highest BCUT2D eigenvalue weighted by Gasteiger charge is 2.17. The average Bonchev–Trinajstić information content (AvgIpc) is 2.09. The van der Waals surface area contributed by atoms with E-state index in [2.05, 4.69) is 19.9 Å². The second-order valence-electron chi connectivity index (χ2n) is 3.45. The molecular weight excluding hydrogens is 180 g/mol. The SMILES string of the molecule is Cc1cc2c(cc1C)C(=O)CCS2. The van der Waals surface area contributed by atoms with Crippen molar-refractivity contribution >= 4 is 17.5 Å². The largest absolute Gasteiger partial charge is 0.294 e. The van der Waals surface area contributed by atoms with E-state index in [-0.39, 0.29) is 0 Å². The highest BCUT2D eigenvalue weighted by atomic mass is 32.2. The number of carbonyl (C=O) groups excluding carboxylic acids is 1. The van der Waals surface area contributed by atoms with Crippen molar-refractivity contribution in [3.63, 3.8) is 0 Å². The Bertz CT molecular complexity index is 369. The number of Topliss-reactive ketones (excluding diaryl/α,β-unsaturated/α-hetero) is 1. The number of hydrogen-bond donors (Lipinski definition) is 0. The molecule has 0 spiro atoms. The molecule has 0 saturated carbocycles. The Morgan fingerprint density at radius 3 is 2.69 bits per heavy atom. The first-order valence-electron chi connectivity index (χ1n) is 4.46. The molecule has 0 saturated heterocycles. The maximum absolute atomic E-state index is 11.5. The van der Waals surface area contributed by atoms with Crippen LogP contribution in [0.3, 0.4) is 0 Å². The predicted octanol–water partition coefficient (Wildman–Crippen LogP) is 2.98. The van der Waals surface area contributed by atoms with Gasteiger partial charge in [-0.05, 0) is 37.1 Å². The van der Waals surface area contributed by atoms with Crippen LogP contribution in [0.2, 0.25) is 0 Å². The molecule has 1 aromatic carbocycles. The molecule has 2 rings (SSSR count). The van der Waals surface area contributed by atoms with Crippen LogP contribution >= 0.6 is 11.8 Å². The molecule has 0 atom stereocenters. The zero-order valence-corrected chi connectivity index (χ0v) is 8.70. The summed E-state index contributed by atoms with van der Waals surface area (Å²) in [6, 6.07) is 4.16. The lowest BCUT2D eigenvalue weighted by Crippen LogP contribution is -2.08. The Labute approximate surface area is 82.5 Å². The summed E-state index contributed by atoms with van der Waals surface area (Å²) in [5.74, 6) is 1.24. The molecule has 0 aliphatic carbocycles. The number of fused-ring (bicyclic) bond motifs is 1. The first-order valence-corrected chi connectivity index (χ1v) is 5.44. The van der Waals surface area contributed by atoms with E-state index in [0.29, 0.717) is 12.2 Å². The van der Waals surface area contributed by atoms with Crippen LogP contribution < -0.4 is 0 Å². The first-order chi connectivity index (χ1) is 6.18. The van der Waals surface area contributed by atoms with Crippen molar-refractivity contribution in [3.05, 3.63) is 28.8 Å². The van der Waals surface area contributed by atoms with Crippen molar-refractivity contribution in [2.24, 2.45) is 0 Å². The quantitative estimate of drug-likeness (QED) is 0.628. The fourth-order valence-corrected chi connectivity index (χ4v) is 2.61. The minimum absolute atomic E-state index is 0.303. The third-order valence-electron chi connectivity index (χ3n) is 2.48. The summed E-state index contributed by atoms with van der Waals surface area (Å²) in [5, 5.41) is 0. The lowest BCUT2D eigenvalue weighted by Gasteiger charge is -2.15. The third kappa shape index (κ3) is 1.51. The minimum Gasteiger partial charge on any atom is -0.294 e. The Hall–Kier alpha value is -0.760. The zero-order chi connectivity index (χ0) is 9.42. The summed E-state index contributed by atoms with van der Waals surface area (Å²) in [4.78, 5) is 12.7. The maximum Gasteiger partial charge on any atom is 0.164 e. The van der Waals surface area contributed by atoms with Gasteiger partial charge in [-0.3, -0.25) is 4.79 Å². The zero-order valence-electron chi connectivity index (χ0n) is 7.89. The lowest BCUT2D eigenvalue weighted by atomic mass is 10.0. The summed E-state index contributed by atoms with van der Waals surface area (Å²) in [6.07, 6.45) is 0.695. The fraction of sp³-hybridized carbons (Fsp3) is 0.364. The Balaban J connectivity index is 2.58. The molecular formula is C11H12OS. The molecule has 0 fully saturated rings. The number of ketones is 1. The molecule has 0 N–H and O–H groups in total. The number of hydrogen-bond acceptors (Lipinski definition) is 2. The van der Waals surface area contributed by atoms with Crippen LogP contribution in [0.1, 0.15) is 27.9 Å². The molecule has 0 radical (unpaired) electrons. The molecule has 1 aliphatic heterocycles. The number of rotatable bonds is 0. The standard InChI is InChI=1S/C11H12OS/c1-7-5-9-10(12)3-4-13-11(9)6-8(7)2/h5-6H,3-4H2,1-2H3. The first kappa shape index (κ1) is 8.82. The Morgan fingerprint density at radius 2 is 1.92 bits per heavy atom. The van der Waals surface area contributed by atoms with E-state index in [1.807, 2.05) is 6.07 Å². The van der Waals surface area contributed by atoms with Gasteiger partial charge in [-0.2, -0.15) is 0 Å². The molecule has 1 nitrogen and oxygen atoms in total. The van der Waals surface area contributed by atoms with Gasteiger partial charge in [0.25, 0.3) is 0 Å². The van der Waals surface area contributed by atoms with Crippen LogP contribution in [0.5, 0.6) is 0 Å². The van der Waals surface area contributed by atoms with E-state index < -0.39 is 0 Å². The highest BCUT2D eigenvalue weighted by Crippen LogP contribution is 2.31. The van der Waals surface area contributed by atoms with Gasteiger partial charge >= 0.3 is 0 Å². The van der Waals surface area contributed by atoms with E-state index in [9.17, 15) is 4.79 Å². The summed E-state index contributed by atoms with van der Waals surface area (Å²) in [5.41, 5.74) is 3.43. The van der Waals surface area contributed by atoms with Gasteiger partial charge < -0.3 is 0 Å². The Kier molecular flexibility index (Phi) is 2.16. The van der Waals surface area contributed by atoms with E-state index in [1.54, 1.807) is 11.8 Å². The van der Waals surface area contributed by atoms with Gasteiger partial charge in [0.05, 0.1) is 0 Å². The average molecular weight is 192 g/mol. The predicted molar refractivity (Wildman–Crippen MR) is 55.6 cm³/mol. The molecule has 1 aliphatic rings. The number of benzene rings is 1. The van der Waals surface area contributed by atoms with Gasteiger partial charge in [0.2, 0.25) is 0 Å². The molecule has 0 amide bonds. The molecule has 1 heterocycles. The summed E-state index contributed by atoms with van der Waals surface area (Å²) < 4.78 is 0. The number of aryl methyl sites for hydroxylation is 2. The van der Waals surface area contributed by atoms with Crippen LogP contribution in [0.4, 0.5) is 0 Å². The minimum atomic E-state index is 0.303. The van der Waals surface area contributed by atoms with Crippen LogP contribution in [0.15, 0.2) is 17.0 Å². The van der Waals surface area contributed by atoms with Gasteiger partial charge in [-0.1, -0.05) is 0 Å². The Morgan fingerprint density at radius 1 is 1.23 bits per heavy atom. The second kappa shape index (κ2) is 3.18. The van der Waals surface area contributed by atoms with E-state index in [4.69, 9.17) is 0 Å². The third-order valence-corrected chi connectivity index (χ3v) is 3.54. The van der Waals surface area contributed by atoms with Crippen LogP contribution in [0, 0.1) is 13.8 Å². The topological polar surface area (TPSA) is 17.1 Å². The normalized spacial score (nSPS) is 15.7. The number of carbonyl (C=O) groups is 1. The molecule has 0 aromatic heterocycles. The van der Waals surface area contributed by atoms with Gasteiger partial charge in [0.15, 0.2) is 5.78 Å².